The molecule has 0 aliphatic heterocycles. The van der Waals surface area contributed by atoms with Crippen molar-refractivity contribution in [2.24, 2.45) is 5.41 Å². The molecule has 3 heteroatoms. The number of aromatic nitrogens is 1. The van der Waals surface area contributed by atoms with Crippen LogP contribution in [0.2, 0.25) is 0 Å². The number of rotatable bonds is 2. The minimum atomic E-state index is -0.538. The monoisotopic (exact) mass is 214 g/mol. The smallest absolute Gasteiger partial charge is 0.178 e. The third-order valence-electron chi connectivity index (χ3n) is 2.04. The minimum Gasteiger partial charge on any atom is -0.293 e. The van der Waals surface area contributed by atoms with Crippen LogP contribution in [-0.4, -0.2) is 10.8 Å². The highest BCUT2D eigenvalue weighted by Gasteiger charge is 2.24. The molecule has 0 aromatic carbocycles. The van der Waals surface area contributed by atoms with Crippen molar-refractivity contribution in [2.45, 2.75) is 20.8 Å². The number of pyridine rings is 1. The van der Waals surface area contributed by atoms with Gasteiger partial charge in [-0.25, -0.2) is 0 Å². The highest BCUT2D eigenvalue weighted by molar-refractivity contribution is 6.06. The minimum absolute atomic E-state index is 0.154. The molecular weight excluding hydrogens is 200 g/mol. The summed E-state index contributed by atoms with van der Waals surface area (Å²) in [4.78, 5) is 15.8. The summed E-state index contributed by atoms with van der Waals surface area (Å²) >= 11 is 0. The summed E-state index contributed by atoms with van der Waals surface area (Å²) < 4.78 is 0. The molecule has 0 saturated carbocycles. The number of hydrogen-bond acceptors (Lipinski definition) is 3. The highest BCUT2D eigenvalue weighted by atomic mass is 16.1. The molecule has 0 radical (unpaired) electrons. The van der Waals surface area contributed by atoms with Gasteiger partial charge < -0.3 is 0 Å². The quantitative estimate of drug-likeness (QED) is 0.561. The van der Waals surface area contributed by atoms with Gasteiger partial charge in [-0.1, -0.05) is 26.8 Å². The fourth-order valence-electron chi connectivity index (χ4n) is 1.18. The molecule has 1 heterocycles. The van der Waals surface area contributed by atoms with Crippen molar-refractivity contribution in [1.82, 2.24) is 4.98 Å². The summed E-state index contributed by atoms with van der Waals surface area (Å²) in [7, 11) is 0. The Kier molecular flexibility index (Phi) is 3.57. The average molecular weight is 214 g/mol. The van der Waals surface area contributed by atoms with Crippen molar-refractivity contribution in [3.63, 3.8) is 0 Å². The molecule has 0 fully saturated rings. The standard InChI is InChI=1S/C13H14N2O/c1-13(2,3)12(16)11(8-14)7-10-5-4-6-15-9-10/h4-7,9H,1-3H3. The molecule has 16 heavy (non-hydrogen) atoms. The Morgan fingerprint density at radius 1 is 1.50 bits per heavy atom. The molecule has 0 saturated heterocycles. The number of carbonyl (C=O) groups is 1. The lowest BCUT2D eigenvalue weighted by molar-refractivity contribution is -0.121. The maximum Gasteiger partial charge on any atom is 0.178 e. The normalized spacial score (nSPS) is 12.0. The molecule has 0 unspecified atom stereocenters. The molecule has 0 bridgehead atoms. The molecule has 0 aliphatic carbocycles. The summed E-state index contributed by atoms with van der Waals surface area (Å²) in [6, 6.07) is 5.51. The Morgan fingerprint density at radius 2 is 2.19 bits per heavy atom. The van der Waals surface area contributed by atoms with E-state index in [0.29, 0.717) is 0 Å². The van der Waals surface area contributed by atoms with Gasteiger partial charge in [-0.05, 0) is 17.7 Å². The van der Waals surface area contributed by atoms with Crippen LogP contribution in [0, 0.1) is 16.7 Å². The second-order valence-electron chi connectivity index (χ2n) is 4.54. The van der Waals surface area contributed by atoms with Crippen molar-refractivity contribution in [3.8, 4) is 6.07 Å². The van der Waals surface area contributed by atoms with E-state index >= 15 is 0 Å². The predicted molar refractivity (Wildman–Crippen MR) is 62.3 cm³/mol. The maximum atomic E-state index is 11.9. The van der Waals surface area contributed by atoms with Gasteiger partial charge in [0.15, 0.2) is 5.78 Å². The topological polar surface area (TPSA) is 53.8 Å². The largest absolute Gasteiger partial charge is 0.293 e. The van der Waals surface area contributed by atoms with Crippen molar-refractivity contribution in [3.05, 3.63) is 35.7 Å². The molecule has 0 aliphatic rings. The van der Waals surface area contributed by atoms with Gasteiger partial charge >= 0.3 is 0 Å². The molecular formula is C13H14N2O. The third-order valence-corrected chi connectivity index (χ3v) is 2.04. The van der Waals surface area contributed by atoms with Crippen LogP contribution in [0.1, 0.15) is 26.3 Å². The number of Topliss-reactive ketones (excluding diaryl/α,β-unsaturated/α-hetero) is 1. The molecule has 0 amide bonds. The van der Waals surface area contributed by atoms with E-state index in [1.54, 1.807) is 51.4 Å². The average Bonchev–Trinajstić information content (AvgIpc) is 2.25. The van der Waals surface area contributed by atoms with Gasteiger partial charge in [0.1, 0.15) is 6.07 Å². The molecule has 0 spiro atoms. The zero-order chi connectivity index (χ0) is 12.2. The fourth-order valence-corrected chi connectivity index (χ4v) is 1.18. The van der Waals surface area contributed by atoms with Crippen molar-refractivity contribution < 1.29 is 4.79 Å². The van der Waals surface area contributed by atoms with Gasteiger partial charge in [-0.15, -0.1) is 0 Å². The number of nitriles is 1. The lowest BCUT2D eigenvalue weighted by Gasteiger charge is -2.15. The molecule has 1 aromatic heterocycles. The zero-order valence-electron chi connectivity index (χ0n) is 9.69. The van der Waals surface area contributed by atoms with E-state index in [0.717, 1.165) is 5.56 Å². The van der Waals surface area contributed by atoms with E-state index in [2.05, 4.69) is 4.98 Å². The first-order chi connectivity index (χ1) is 7.45. The summed E-state index contributed by atoms with van der Waals surface area (Å²) in [5, 5.41) is 8.96. The van der Waals surface area contributed by atoms with E-state index in [1.165, 1.54) is 0 Å². The van der Waals surface area contributed by atoms with Gasteiger partial charge in [0.2, 0.25) is 0 Å². The second kappa shape index (κ2) is 4.71. The van der Waals surface area contributed by atoms with E-state index in [4.69, 9.17) is 5.26 Å². The van der Waals surface area contributed by atoms with Crippen molar-refractivity contribution in [1.29, 1.82) is 5.26 Å². The summed E-state index contributed by atoms with van der Waals surface area (Å²) in [5.74, 6) is -0.154. The van der Waals surface area contributed by atoms with Gasteiger partial charge in [-0.3, -0.25) is 9.78 Å². The molecule has 82 valence electrons. The van der Waals surface area contributed by atoms with Crippen LogP contribution < -0.4 is 0 Å². The van der Waals surface area contributed by atoms with Gasteiger partial charge in [0.25, 0.3) is 0 Å². The van der Waals surface area contributed by atoms with Gasteiger partial charge in [0.05, 0.1) is 5.57 Å². The highest BCUT2D eigenvalue weighted by Crippen LogP contribution is 2.20. The van der Waals surface area contributed by atoms with Crippen LogP contribution in [0.25, 0.3) is 6.08 Å². The zero-order valence-corrected chi connectivity index (χ0v) is 9.69. The first-order valence-electron chi connectivity index (χ1n) is 5.02. The van der Waals surface area contributed by atoms with Crippen molar-refractivity contribution >= 4 is 11.9 Å². The molecule has 0 N–H and O–H groups in total. The van der Waals surface area contributed by atoms with Crippen LogP contribution >= 0.6 is 0 Å². The Labute approximate surface area is 95.4 Å². The van der Waals surface area contributed by atoms with Crippen LogP contribution in [0.5, 0.6) is 0 Å². The van der Waals surface area contributed by atoms with E-state index in [1.807, 2.05) is 6.07 Å². The number of allylic oxidation sites excluding steroid dienone is 1. The Bertz CT molecular complexity index is 447. The SMILES string of the molecule is CC(C)(C)C(=O)C(C#N)=Cc1cccnc1. The van der Waals surface area contributed by atoms with E-state index in [-0.39, 0.29) is 11.4 Å². The number of nitrogens with zero attached hydrogens (tertiary/aromatic N) is 2. The third kappa shape index (κ3) is 3.03. The fraction of sp³-hybridized carbons (Fsp3) is 0.308. The second-order valence-corrected chi connectivity index (χ2v) is 4.54. The van der Waals surface area contributed by atoms with Gasteiger partial charge in [-0.2, -0.15) is 5.26 Å². The first kappa shape index (κ1) is 12.1. The molecule has 0 atom stereocenters. The van der Waals surface area contributed by atoms with Crippen molar-refractivity contribution in [2.75, 3.05) is 0 Å². The summed E-state index contributed by atoms with van der Waals surface area (Å²) in [6.45, 7) is 5.39. The number of ketones is 1. The number of carbonyl (C=O) groups excluding carboxylic acids is 1. The first-order valence-corrected chi connectivity index (χ1v) is 5.02. The van der Waals surface area contributed by atoms with Crippen LogP contribution in [-0.2, 0) is 4.79 Å². The molecule has 1 aromatic rings. The lowest BCUT2D eigenvalue weighted by Crippen LogP contribution is -2.21. The Morgan fingerprint density at radius 3 is 2.62 bits per heavy atom. The van der Waals surface area contributed by atoms with E-state index < -0.39 is 5.41 Å². The Balaban J connectivity index is 3.06. The summed E-state index contributed by atoms with van der Waals surface area (Å²) in [6.07, 6.45) is 4.84. The molecule has 3 nitrogen and oxygen atoms in total. The van der Waals surface area contributed by atoms with Gasteiger partial charge in [0, 0.05) is 17.8 Å². The number of hydrogen-bond donors (Lipinski definition) is 0. The van der Waals surface area contributed by atoms with E-state index in [9.17, 15) is 4.79 Å². The van der Waals surface area contributed by atoms with Crippen LogP contribution in [0.15, 0.2) is 30.1 Å². The predicted octanol–water partition coefficient (Wildman–Crippen LogP) is 2.60. The Hall–Kier alpha value is -1.95. The van der Waals surface area contributed by atoms with Crippen LogP contribution in [0.4, 0.5) is 0 Å². The van der Waals surface area contributed by atoms with Crippen LogP contribution in [0.3, 0.4) is 0 Å². The maximum absolute atomic E-state index is 11.9. The summed E-state index contributed by atoms with van der Waals surface area (Å²) in [5.41, 5.74) is 0.390. The lowest BCUT2D eigenvalue weighted by atomic mass is 9.86. The molecule has 1 rings (SSSR count).